The SMILES string of the molecule is CC(C)C[C@H]1C(=O)N[C@@H](CCCC(N)=O)C(=O)N(C)[C@@H](CCC(=O)O)C(=O)N[C@@H](Cc2cn(C)c3ccccc23)C(=O)N[C@@H](CCCCNC(=O)N2CCN(CC(=O)O)CC2)C(=O)N[C@@H](Cc2cn(C)c3ccccc23)C(=O)N[C@@H]([C@@H](C)O)C(=O)N[C@@H](CCCC(N)=O)C(=O)NCCSCC(=O)N[C@H](C)C(=O)N(C)[C@@H](Cc2cccnc2)C(=O)N[C@H]2CC(N)=C3O[N+]31C2=O. The number of nitrogens with two attached hydrogens (primary N) is 3. The van der Waals surface area contributed by atoms with Gasteiger partial charge in [0, 0.05) is 176 Å². The number of aromatic nitrogens is 3. The van der Waals surface area contributed by atoms with Crippen LogP contribution < -0.4 is 70.4 Å². The van der Waals surface area contributed by atoms with E-state index in [0.29, 0.717) is 38.5 Å². The zero-order chi connectivity index (χ0) is 94.3. The van der Waals surface area contributed by atoms with Crippen LogP contribution in [0.3, 0.4) is 0 Å². The van der Waals surface area contributed by atoms with Crippen molar-refractivity contribution in [1.82, 2.24) is 86.9 Å². The number of hydroxylamine groups is 3. The van der Waals surface area contributed by atoms with Crippen molar-refractivity contribution >= 4 is 134 Å². The molecule has 42 nitrogen and oxygen atoms in total. The average molecular weight is 1820 g/mol. The van der Waals surface area contributed by atoms with E-state index in [1.54, 1.807) is 115 Å². The predicted molar refractivity (Wildman–Crippen MR) is 469 cm³/mol. The van der Waals surface area contributed by atoms with Crippen LogP contribution in [0.15, 0.2) is 97.0 Å². The lowest BCUT2D eigenvalue weighted by atomic mass is 9.97. The number of rotatable bonds is 27. The van der Waals surface area contributed by atoms with Crippen LogP contribution in [-0.4, -0.2) is 298 Å². The largest absolute Gasteiger partial charge is 0.481 e. The monoisotopic (exact) mass is 1810 g/mol. The van der Waals surface area contributed by atoms with Gasteiger partial charge in [0.2, 0.25) is 76.9 Å². The van der Waals surface area contributed by atoms with Gasteiger partial charge in [0.25, 0.3) is 5.91 Å². The second kappa shape index (κ2) is 46.3. The van der Waals surface area contributed by atoms with Gasteiger partial charge in [-0.1, -0.05) is 56.3 Å². The minimum Gasteiger partial charge on any atom is -0.481 e. The number of benzene rings is 2. The van der Waals surface area contributed by atoms with Crippen LogP contribution in [0.2, 0.25) is 0 Å². The summed E-state index contributed by atoms with van der Waals surface area (Å²) in [6.07, 6.45) is 0.323. The molecule has 129 heavy (non-hydrogen) atoms. The maximum atomic E-state index is 15.9. The molecular weight excluding hydrogens is 1700 g/mol. The number of urea groups is 1. The minimum atomic E-state index is -1.89. The normalized spacial score (nSPS) is 24.5. The van der Waals surface area contributed by atoms with Crippen LogP contribution >= 0.6 is 11.8 Å². The zero-order valence-electron chi connectivity index (χ0n) is 73.7. The molecule has 4 aliphatic heterocycles. The number of carboxylic acids is 2. The maximum absolute atomic E-state index is 15.9. The first kappa shape index (κ1) is 100.0. The number of primary amides is 2. The third kappa shape index (κ3) is 27.2. The summed E-state index contributed by atoms with van der Waals surface area (Å²) in [6, 6.07) is -0.967. The molecule has 700 valence electrons. The second-order valence-corrected chi connectivity index (χ2v) is 34.6. The van der Waals surface area contributed by atoms with E-state index in [-0.39, 0.29) is 159 Å². The van der Waals surface area contributed by atoms with Crippen LogP contribution in [0.4, 0.5) is 4.79 Å². The molecule has 7 heterocycles. The number of carbonyl (C=O) groups is 17. The van der Waals surface area contributed by atoms with Crippen molar-refractivity contribution in [3.05, 3.63) is 114 Å². The van der Waals surface area contributed by atoms with E-state index in [2.05, 4.69) is 58.2 Å². The number of nitrogens with one attached hydrogen (secondary N) is 10. The average Bonchev–Trinajstić information content (AvgIpc) is 1.53. The number of carbonyl (C=O) groups excluding carboxylic acids is 15. The smallest absolute Gasteiger partial charge is 0.418 e. The fraction of sp³-hybridized carbons (Fsp3) is 0.535. The summed E-state index contributed by atoms with van der Waals surface area (Å²) in [6.45, 7) is 6.68. The van der Waals surface area contributed by atoms with Crippen molar-refractivity contribution in [2.45, 2.75) is 203 Å². The number of piperazine rings is 1. The summed E-state index contributed by atoms with van der Waals surface area (Å²) in [5.74, 6) is -16.2. The number of nitrogens with zero attached hydrogens (tertiary/aromatic N) is 8. The van der Waals surface area contributed by atoms with Gasteiger partial charge in [0.05, 0.1) is 18.4 Å². The number of unbranched alkanes of at least 4 members (excludes halogenated alkanes) is 1. The molecule has 13 atom stereocenters. The summed E-state index contributed by atoms with van der Waals surface area (Å²) in [7, 11) is 5.93. The number of aliphatic hydroxyl groups is 1. The fourth-order valence-corrected chi connectivity index (χ4v) is 16.9. The molecule has 0 aliphatic carbocycles. The van der Waals surface area contributed by atoms with E-state index in [1.807, 2.05) is 0 Å². The molecule has 3 fully saturated rings. The quantitative estimate of drug-likeness (QED) is 0.0152. The number of quaternary nitrogens is 1. The fourth-order valence-electron chi connectivity index (χ4n) is 16.3. The van der Waals surface area contributed by atoms with Gasteiger partial charge in [0.15, 0.2) is 6.04 Å². The van der Waals surface area contributed by atoms with Crippen molar-refractivity contribution < 1.29 is 106 Å². The molecule has 9 rings (SSSR count). The highest BCUT2D eigenvalue weighted by Gasteiger charge is 2.75. The summed E-state index contributed by atoms with van der Waals surface area (Å²) < 4.78 is 2.31. The number of hydrogen-bond donors (Lipinski definition) is 16. The number of para-hydroxylation sites is 2. The number of carboxylic acid groups (broad SMARTS) is 2. The Morgan fingerprint density at radius 1 is 0.589 bits per heavy atom. The first-order valence-corrected chi connectivity index (χ1v) is 44.2. The standard InChI is InChI=1S/C86H119N21O21S/c1-48(2)38-67-80(122)96-59(23-16-27-69(89)110)83(125)103(7)65(28-29-71(112)113)78(120)98-60(40-52-44-101(5)63-24-11-9-19-54(52)63)76(118)94-58(21-13-14-31-92-86(127)106-35-33-105(34-36-106)46-72(114)115)75(117)97-61(41-53-45-102(6)64-25-12-10-20-55(53)64)77(119)100-73(50(4)108)81(123)95-57(22-15-26-68(88)109)74(116)91-32-37-129-47-70(111)93-49(3)82(124)104(8)66(39-51-18-17-30-90-43-51)79(121)99-62-42-56(87)85-107(67,128-85)84(62)126/h9-12,17-20,24-25,30,43-45,48-50,57-62,65-67,73,108H,13-16,21-23,26-29,31-42,46-47,87H2,1-8H3,(H15-,88,89,91,92,93,94,95,96,97,98,99,100,109,110,111,112,113,114,115,116,117,118,119,120,121,122,123,127)/p+1/t49-,50-,57+,58+,59+,60+,61+,62+,65+,66+,67+,73+,107?/m1/s1. The number of aryl methyl sites for hydroxylation is 2. The van der Waals surface area contributed by atoms with Gasteiger partial charge in [-0.3, -0.25) is 81.8 Å². The van der Waals surface area contributed by atoms with Crippen molar-refractivity contribution in [1.29, 1.82) is 0 Å². The Kier molecular flexibility index (Phi) is 35.9. The molecular formula is C86H120N21O21S+. The van der Waals surface area contributed by atoms with Gasteiger partial charge in [-0.15, -0.1) is 0 Å². The number of aliphatic hydroxyl groups excluding tert-OH is 1. The Bertz CT molecular complexity index is 5000. The van der Waals surface area contributed by atoms with Crippen molar-refractivity contribution in [3.8, 4) is 0 Å². The Balaban J connectivity index is 1.12. The third-order valence-corrected chi connectivity index (χ3v) is 24.1. The van der Waals surface area contributed by atoms with E-state index in [1.165, 1.54) is 38.2 Å². The predicted octanol–water partition coefficient (Wildman–Crippen LogP) is -2.12. The maximum Gasteiger partial charge on any atom is 0.418 e. The molecule has 4 aliphatic rings. The number of thioether (sulfide) groups is 1. The highest BCUT2D eigenvalue weighted by molar-refractivity contribution is 7.99. The van der Waals surface area contributed by atoms with E-state index in [9.17, 15) is 63.3 Å². The molecule has 2 aromatic carbocycles. The van der Waals surface area contributed by atoms with Crippen LogP contribution in [0, 0.1) is 5.92 Å². The van der Waals surface area contributed by atoms with Crippen molar-refractivity contribution in [2.24, 2.45) is 37.2 Å². The lowest BCUT2D eigenvalue weighted by Crippen LogP contribution is -2.63. The Morgan fingerprint density at radius 2 is 1.13 bits per heavy atom. The number of likely N-dealkylation sites (N-methyl/N-ethyl adjacent to an activating group) is 2. The van der Waals surface area contributed by atoms with Gasteiger partial charge in [0.1, 0.15) is 60.1 Å². The van der Waals surface area contributed by atoms with E-state index >= 15 is 33.6 Å². The summed E-state index contributed by atoms with van der Waals surface area (Å²) in [5.41, 5.74) is 20.5. The molecule has 3 aromatic heterocycles. The lowest BCUT2D eigenvalue weighted by Gasteiger charge is -2.33. The van der Waals surface area contributed by atoms with Gasteiger partial charge in [-0.25, -0.2) is 14.4 Å². The lowest BCUT2D eigenvalue weighted by molar-refractivity contribution is -0.851. The van der Waals surface area contributed by atoms with Crippen LogP contribution in [0.1, 0.15) is 128 Å². The minimum absolute atomic E-state index is 0.0106. The molecule has 19 N–H and O–H groups in total. The molecule has 1 unspecified atom stereocenters. The first-order chi connectivity index (χ1) is 61.3. The second-order valence-electron chi connectivity index (χ2n) is 33.5. The van der Waals surface area contributed by atoms with Crippen molar-refractivity contribution in [3.63, 3.8) is 0 Å². The van der Waals surface area contributed by atoms with Crippen LogP contribution in [0.25, 0.3) is 21.8 Å². The highest BCUT2D eigenvalue weighted by atomic mass is 32.2. The van der Waals surface area contributed by atoms with Crippen LogP contribution in [-0.2, 0) is 115 Å². The Morgan fingerprint density at radius 3 is 1.71 bits per heavy atom. The summed E-state index contributed by atoms with van der Waals surface area (Å²) in [5, 5.41) is 59.5. The molecule has 16 amide bonds. The summed E-state index contributed by atoms with van der Waals surface area (Å²) in [4.78, 5) is 259. The molecule has 3 saturated heterocycles. The molecule has 43 heteroatoms. The molecule has 0 saturated carbocycles. The molecule has 0 radical (unpaired) electrons. The number of aliphatic carboxylic acids is 2. The van der Waals surface area contributed by atoms with E-state index < -0.39 is 197 Å². The topological polar surface area (TPSA) is 597 Å². The number of fused-ring (bicyclic) bond motifs is 3. The zero-order valence-corrected chi connectivity index (χ0v) is 74.5. The highest BCUT2D eigenvalue weighted by Crippen LogP contribution is 2.49. The number of pyridine rings is 1. The number of hydrogen-bond acceptors (Lipinski definition) is 23. The molecule has 2 bridgehead atoms. The van der Waals surface area contributed by atoms with Gasteiger partial charge < -0.3 is 110 Å². The Labute approximate surface area is 749 Å². The van der Waals surface area contributed by atoms with Gasteiger partial charge in [-0.05, 0) is 106 Å². The van der Waals surface area contributed by atoms with Gasteiger partial charge in [-0.2, -0.15) is 11.8 Å². The van der Waals surface area contributed by atoms with E-state index in [4.69, 9.17) is 22.0 Å². The number of amides is 16. The summed E-state index contributed by atoms with van der Waals surface area (Å²) >= 11 is 1.03. The first-order valence-electron chi connectivity index (χ1n) is 43.1. The van der Waals surface area contributed by atoms with Crippen LogP contribution in [0.5, 0.6) is 0 Å². The molecule has 5 aromatic rings. The molecule has 1 spiro atoms. The Hall–Kier alpha value is -12.8. The third-order valence-electron chi connectivity index (χ3n) is 23.2. The van der Waals surface area contributed by atoms with Crippen molar-refractivity contribution in [2.75, 3.05) is 71.4 Å². The van der Waals surface area contributed by atoms with Gasteiger partial charge >= 0.3 is 29.8 Å². The van der Waals surface area contributed by atoms with E-state index in [0.717, 1.165) is 28.6 Å².